The number of hydrogen-bond donors (Lipinski definition) is 1. The molecule has 1 aromatic carbocycles. The van der Waals surface area contributed by atoms with Gasteiger partial charge in [-0.2, -0.15) is 4.98 Å². The first-order chi connectivity index (χ1) is 14.2. The molecule has 154 valence electrons. The summed E-state index contributed by atoms with van der Waals surface area (Å²) in [4.78, 5) is 16.5. The van der Waals surface area contributed by atoms with Gasteiger partial charge in [0, 0.05) is 12.2 Å². The molecule has 0 spiro atoms. The minimum Gasteiger partial charge on any atom is -0.493 e. The topological polar surface area (TPSA) is 117 Å². The van der Waals surface area contributed by atoms with Crippen LogP contribution in [0.5, 0.6) is 11.5 Å². The molecule has 1 saturated heterocycles. The van der Waals surface area contributed by atoms with Crippen LogP contribution >= 0.6 is 11.8 Å². The van der Waals surface area contributed by atoms with E-state index in [1.54, 1.807) is 30.9 Å². The van der Waals surface area contributed by atoms with Crippen molar-refractivity contribution in [2.45, 2.75) is 36.4 Å². The van der Waals surface area contributed by atoms with Gasteiger partial charge >= 0.3 is 5.69 Å². The van der Waals surface area contributed by atoms with Gasteiger partial charge in [-0.3, -0.25) is 4.57 Å². The Morgan fingerprint density at radius 3 is 2.93 bits per heavy atom. The molecule has 1 fully saturated rings. The summed E-state index contributed by atoms with van der Waals surface area (Å²) in [5.74, 6) is 2.47. The van der Waals surface area contributed by atoms with E-state index in [1.807, 2.05) is 6.07 Å². The van der Waals surface area contributed by atoms with E-state index in [1.165, 1.54) is 11.8 Å². The standard InChI is InChI=1S/C18H21N5O5S/c1-25-13-6-5-11(8-14(13)26-2)16-19-15(28-22-16)10-29-18-21-20-17(24)23(18)9-12-4-3-7-27-12/h5-6,8,12H,3-4,7,9-10H2,1-2H3,(H,20,24). The molecular formula is C18H21N5O5S. The normalized spacial score (nSPS) is 16.3. The molecule has 0 saturated carbocycles. The van der Waals surface area contributed by atoms with Crippen molar-refractivity contribution in [3.05, 3.63) is 34.6 Å². The fourth-order valence-electron chi connectivity index (χ4n) is 3.10. The molecule has 0 aliphatic carbocycles. The number of ether oxygens (including phenoxy) is 3. The number of rotatable bonds is 8. The molecule has 0 amide bonds. The van der Waals surface area contributed by atoms with E-state index in [-0.39, 0.29) is 11.8 Å². The lowest BCUT2D eigenvalue weighted by molar-refractivity contribution is 0.0941. The Labute approximate surface area is 170 Å². The molecule has 0 radical (unpaired) electrons. The second kappa shape index (κ2) is 8.70. The highest BCUT2D eigenvalue weighted by Crippen LogP contribution is 2.31. The zero-order valence-electron chi connectivity index (χ0n) is 16.1. The van der Waals surface area contributed by atoms with Gasteiger partial charge < -0.3 is 18.7 Å². The Kier molecular flexibility index (Phi) is 5.86. The van der Waals surface area contributed by atoms with E-state index in [0.29, 0.717) is 40.7 Å². The van der Waals surface area contributed by atoms with E-state index >= 15 is 0 Å². The molecule has 3 heterocycles. The van der Waals surface area contributed by atoms with Gasteiger partial charge in [0.05, 0.1) is 32.6 Å². The van der Waals surface area contributed by atoms with Crippen molar-refractivity contribution < 1.29 is 18.7 Å². The third-order valence-corrected chi connectivity index (χ3v) is 5.53. The summed E-state index contributed by atoms with van der Waals surface area (Å²) in [6, 6.07) is 5.40. The molecule has 1 unspecified atom stereocenters. The Morgan fingerprint density at radius 2 is 2.17 bits per heavy atom. The smallest absolute Gasteiger partial charge is 0.344 e. The van der Waals surface area contributed by atoms with Crippen LogP contribution in [0.25, 0.3) is 11.4 Å². The lowest BCUT2D eigenvalue weighted by Crippen LogP contribution is -2.24. The molecule has 0 bridgehead atoms. The maximum atomic E-state index is 12.0. The Bertz CT molecular complexity index is 1020. The lowest BCUT2D eigenvalue weighted by atomic mass is 10.2. The van der Waals surface area contributed by atoms with Crippen molar-refractivity contribution in [3.8, 4) is 22.9 Å². The van der Waals surface area contributed by atoms with Gasteiger partial charge in [0.15, 0.2) is 16.7 Å². The van der Waals surface area contributed by atoms with Gasteiger partial charge in [0.2, 0.25) is 11.7 Å². The van der Waals surface area contributed by atoms with Crippen LogP contribution in [0.3, 0.4) is 0 Å². The number of thioether (sulfide) groups is 1. The fraction of sp³-hybridized carbons (Fsp3) is 0.444. The van der Waals surface area contributed by atoms with Gasteiger partial charge in [0.1, 0.15) is 0 Å². The minimum absolute atomic E-state index is 0.0460. The van der Waals surface area contributed by atoms with Crippen LogP contribution in [0.4, 0.5) is 0 Å². The van der Waals surface area contributed by atoms with E-state index in [9.17, 15) is 4.79 Å². The zero-order chi connectivity index (χ0) is 20.2. The molecule has 1 aliphatic rings. The van der Waals surface area contributed by atoms with Crippen LogP contribution in [-0.2, 0) is 17.0 Å². The summed E-state index contributed by atoms with van der Waals surface area (Å²) in [5, 5.41) is 11.2. The van der Waals surface area contributed by atoms with Crippen molar-refractivity contribution in [1.82, 2.24) is 24.9 Å². The summed E-state index contributed by atoms with van der Waals surface area (Å²) < 4.78 is 23.1. The highest BCUT2D eigenvalue weighted by atomic mass is 32.2. The minimum atomic E-state index is -0.250. The molecule has 11 heteroatoms. The number of aromatic nitrogens is 5. The van der Waals surface area contributed by atoms with Crippen molar-refractivity contribution in [3.63, 3.8) is 0 Å². The first-order valence-electron chi connectivity index (χ1n) is 9.12. The summed E-state index contributed by atoms with van der Waals surface area (Å²) in [7, 11) is 3.15. The quantitative estimate of drug-likeness (QED) is 0.548. The average Bonchev–Trinajstić information content (AvgIpc) is 3.49. The molecular weight excluding hydrogens is 398 g/mol. The van der Waals surface area contributed by atoms with Crippen LogP contribution in [-0.4, -0.2) is 51.8 Å². The molecule has 29 heavy (non-hydrogen) atoms. The van der Waals surface area contributed by atoms with Crippen molar-refractivity contribution in [2.75, 3.05) is 20.8 Å². The average molecular weight is 419 g/mol. The molecule has 10 nitrogen and oxygen atoms in total. The molecule has 3 aromatic rings. The molecule has 1 N–H and O–H groups in total. The van der Waals surface area contributed by atoms with Gasteiger partial charge in [-0.15, -0.1) is 5.10 Å². The van der Waals surface area contributed by atoms with Gasteiger partial charge in [-0.25, -0.2) is 9.89 Å². The van der Waals surface area contributed by atoms with Crippen LogP contribution in [0.1, 0.15) is 18.7 Å². The first kappa shape index (κ1) is 19.5. The Balaban J connectivity index is 1.45. The number of benzene rings is 1. The third-order valence-electron chi connectivity index (χ3n) is 4.57. The second-order valence-corrected chi connectivity index (χ2v) is 7.37. The SMILES string of the molecule is COc1ccc(-c2noc(CSc3n[nH]c(=O)n3CC3CCCO3)n2)cc1OC. The highest BCUT2D eigenvalue weighted by Gasteiger charge is 2.20. The summed E-state index contributed by atoms with van der Waals surface area (Å²) in [6.45, 7) is 1.22. The van der Waals surface area contributed by atoms with Crippen LogP contribution in [0, 0.1) is 0 Å². The fourth-order valence-corrected chi connectivity index (χ4v) is 3.89. The van der Waals surface area contributed by atoms with Gasteiger partial charge in [-0.1, -0.05) is 16.9 Å². The largest absolute Gasteiger partial charge is 0.493 e. The van der Waals surface area contributed by atoms with E-state index in [0.717, 1.165) is 25.0 Å². The monoisotopic (exact) mass is 419 g/mol. The van der Waals surface area contributed by atoms with Crippen LogP contribution < -0.4 is 15.2 Å². The number of nitrogens with one attached hydrogen (secondary N) is 1. The van der Waals surface area contributed by atoms with E-state index < -0.39 is 0 Å². The van der Waals surface area contributed by atoms with Gasteiger partial charge in [-0.05, 0) is 31.0 Å². The van der Waals surface area contributed by atoms with Crippen LogP contribution in [0.2, 0.25) is 0 Å². The second-order valence-electron chi connectivity index (χ2n) is 6.43. The number of methoxy groups -OCH3 is 2. The summed E-state index contributed by atoms with van der Waals surface area (Å²) in [6.07, 6.45) is 2.01. The summed E-state index contributed by atoms with van der Waals surface area (Å²) >= 11 is 1.35. The predicted molar refractivity (Wildman–Crippen MR) is 104 cm³/mol. The van der Waals surface area contributed by atoms with Gasteiger partial charge in [0.25, 0.3) is 0 Å². The Hall–Kier alpha value is -2.79. The molecule has 1 atom stereocenters. The van der Waals surface area contributed by atoms with E-state index in [2.05, 4.69) is 20.3 Å². The Morgan fingerprint density at radius 1 is 1.31 bits per heavy atom. The van der Waals surface area contributed by atoms with Crippen molar-refractivity contribution in [2.24, 2.45) is 0 Å². The predicted octanol–water partition coefficient (Wildman–Crippen LogP) is 2.11. The number of nitrogens with zero attached hydrogens (tertiary/aromatic N) is 4. The van der Waals surface area contributed by atoms with Crippen molar-refractivity contribution >= 4 is 11.8 Å². The molecule has 2 aromatic heterocycles. The first-order valence-corrected chi connectivity index (χ1v) is 10.1. The molecule has 4 rings (SSSR count). The number of hydrogen-bond acceptors (Lipinski definition) is 9. The van der Waals surface area contributed by atoms with Crippen molar-refractivity contribution in [1.29, 1.82) is 0 Å². The third kappa shape index (κ3) is 4.30. The molecule has 1 aliphatic heterocycles. The van der Waals surface area contributed by atoms with E-state index in [4.69, 9.17) is 18.7 Å². The lowest BCUT2D eigenvalue weighted by Gasteiger charge is -2.10. The maximum absolute atomic E-state index is 12.0. The highest BCUT2D eigenvalue weighted by molar-refractivity contribution is 7.98. The maximum Gasteiger partial charge on any atom is 0.344 e. The van der Waals surface area contributed by atoms with Crippen LogP contribution in [0.15, 0.2) is 32.7 Å². The summed E-state index contributed by atoms with van der Waals surface area (Å²) in [5.41, 5.74) is 0.497. The number of H-pyrrole nitrogens is 1. The zero-order valence-corrected chi connectivity index (χ0v) is 16.9. The number of aromatic amines is 1.